The summed E-state index contributed by atoms with van der Waals surface area (Å²) in [5, 5.41) is 37.5. The van der Waals surface area contributed by atoms with E-state index >= 15 is 0 Å². The van der Waals surface area contributed by atoms with Crippen LogP contribution >= 0.6 is 0 Å². The van der Waals surface area contributed by atoms with Crippen LogP contribution in [-0.4, -0.2) is 34.3 Å². The third-order valence-corrected chi connectivity index (χ3v) is 4.91. The Balaban J connectivity index is 1.86. The Kier molecular flexibility index (Phi) is 6.82. The SMILES string of the molecule is CC(C)c1cc(C[n+]2cccc(B(O)O)c2)ccc1C[n+]1cccc(B(O)O)c1. The van der Waals surface area contributed by atoms with Crippen LogP contribution in [0.15, 0.2) is 67.3 Å². The van der Waals surface area contributed by atoms with Gasteiger partial charge in [-0.05, 0) is 17.5 Å². The summed E-state index contributed by atoms with van der Waals surface area (Å²) in [7, 11) is -2.97. The van der Waals surface area contributed by atoms with Gasteiger partial charge in [-0.3, -0.25) is 0 Å². The molecule has 0 spiro atoms. The van der Waals surface area contributed by atoms with Gasteiger partial charge >= 0.3 is 14.2 Å². The van der Waals surface area contributed by atoms with E-state index in [1.807, 2.05) is 21.5 Å². The van der Waals surface area contributed by atoms with Crippen molar-refractivity contribution in [2.24, 2.45) is 0 Å². The molecule has 0 atom stereocenters. The predicted molar refractivity (Wildman–Crippen MR) is 112 cm³/mol. The van der Waals surface area contributed by atoms with Gasteiger partial charge in [0.25, 0.3) is 0 Å². The van der Waals surface area contributed by atoms with Gasteiger partial charge in [-0.2, -0.15) is 0 Å². The van der Waals surface area contributed by atoms with Gasteiger partial charge in [0.2, 0.25) is 0 Å². The highest BCUT2D eigenvalue weighted by atomic mass is 16.4. The zero-order valence-electron chi connectivity index (χ0n) is 16.7. The first kappa shape index (κ1) is 21.2. The van der Waals surface area contributed by atoms with E-state index in [2.05, 4.69) is 32.0 Å². The predicted octanol–water partition coefficient (Wildman–Crippen LogP) is -1.16. The number of aromatic nitrogens is 2. The standard InChI is InChI=1S/C21H26B2N2O4/c1-16(2)21-11-17(12-24-9-3-5-19(14-24)22(26)27)7-8-18(21)13-25-10-4-6-20(15-25)23(28)29/h3-11,14-16,26-29H,12-13H2,1-2H3/q+2. The molecule has 8 heteroatoms. The fourth-order valence-electron chi connectivity index (χ4n) is 3.42. The zero-order chi connectivity index (χ0) is 21.0. The van der Waals surface area contributed by atoms with E-state index in [-0.39, 0.29) is 0 Å². The van der Waals surface area contributed by atoms with Crippen LogP contribution in [0.2, 0.25) is 0 Å². The summed E-state index contributed by atoms with van der Waals surface area (Å²) in [5.74, 6) is 0.327. The van der Waals surface area contributed by atoms with E-state index in [0.29, 0.717) is 29.9 Å². The minimum Gasteiger partial charge on any atom is -0.423 e. The molecule has 0 aliphatic rings. The Labute approximate surface area is 171 Å². The molecular formula is C21H26B2N2O4+2. The maximum absolute atomic E-state index is 9.40. The lowest BCUT2D eigenvalue weighted by Gasteiger charge is -2.13. The van der Waals surface area contributed by atoms with Crippen molar-refractivity contribution in [1.29, 1.82) is 0 Å². The lowest BCUT2D eigenvalue weighted by molar-refractivity contribution is -0.688. The molecule has 6 nitrogen and oxygen atoms in total. The van der Waals surface area contributed by atoms with Crippen molar-refractivity contribution in [3.63, 3.8) is 0 Å². The van der Waals surface area contributed by atoms with Crippen molar-refractivity contribution in [1.82, 2.24) is 0 Å². The Morgan fingerprint density at radius 3 is 1.86 bits per heavy atom. The summed E-state index contributed by atoms with van der Waals surface area (Å²) in [6.45, 7) is 5.56. The quantitative estimate of drug-likeness (QED) is 0.302. The number of hydrogen-bond donors (Lipinski definition) is 4. The molecular weight excluding hydrogens is 366 g/mol. The lowest BCUT2D eigenvalue weighted by atomic mass is 9.82. The van der Waals surface area contributed by atoms with Crippen molar-refractivity contribution in [2.45, 2.75) is 32.9 Å². The molecule has 2 aromatic heterocycles. The summed E-state index contributed by atoms with van der Waals surface area (Å²) in [5.41, 5.74) is 4.43. The molecule has 0 aliphatic carbocycles. The van der Waals surface area contributed by atoms with Crippen LogP contribution in [0.25, 0.3) is 0 Å². The van der Waals surface area contributed by atoms with Crippen molar-refractivity contribution < 1.29 is 29.2 Å². The summed E-state index contributed by atoms with van der Waals surface area (Å²) >= 11 is 0. The topological polar surface area (TPSA) is 88.7 Å². The number of hydrogen-bond acceptors (Lipinski definition) is 4. The summed E-state index contributed by atoms with van der Waals surface area (Å²) in [4.78, 5) is 0. The number of rotatable bonds is 7. The molecule has 0 amide bonds. The van der Waals surface area contributed by atoms with Gasteiger partial charge in [-0.15, -0.1) is 0 Å². The maximum Gasteiger partial charge on any atom is 0.494 e. The normalized spacial score (nSPS) is 11.0. The highest BCUT2D eigenvalue weighted by Crippen LogP contribution is 2.21. The Bertz CT molecular complexity index is 980. The fraction of sp³-hybridized carbons (Fsp3) is 0.238. The first-order valence-electron chi connectivity index (χ1n) is 9.65. The van der Waals surface area contributed by atoms with Gasteiger partial charge in [0, 0.05) is 34.2 Å². The molecule has 2 heterocycles. The van der Waals surface area contributed by atoms with Gasteiger partial charge in [-0.25, -0.2) is 9.13 Å². The zero-order valence-corrected chi connectivity index (χ0v) is 16.7. The van der Waals surface area contributed by atoms with E-state index in [4.69, 9.17) is 0 Å². The molecule has 4 N–H and O–H groups in total. The third kappa shape index (κ3) is 5.52. The molecule has 29 heavy (non-hydrogen) atoms. The second-order valence-electron chi connectivity index (χ2n) is 7.55. The van der Waals surface area contributed by atoms with Gasteiger partial charge in [-0.1, -0.05) is 38.1 Å². The highest BCUT2D eigenvalue weighted by Gasteiger charge is 2.18. The van der Waals surface area contributed by atoms with E-state index in [0.717, 1.165) is 5.56 Å². The van der Waals surface area contributed by atoms with Crippen molar-refractivity contribution in [3.05, 3.63) is 83.9 Å². The third-order valence-electron chi connectivity index (χ3n) is 4.91. The van der Waals surface area contributed by atoms with E-state index in [1.165, 1.54) is 11.1 Å². The largest absolute Gasteiger partial charge is 0.494 e. The van der Waals surface area contributed by atoms with Crippen LogP contribution in [0.1, 0.15) is 36.5 Å². The molecule has 3 aromatic rings. The number of benzene rings is 1. The Morgan fingerprint density at radius 1 is 0.793 bits per heavy atom. The van der Waals surface area contributed by atoms with Crippen LogP contribution in [0.3, 0.4) is 0 Å². The molecule has 0 radical (unpaired) electrons. The lowest BCUT2D eigenvalue weighted by Crippen LogP contribution is -2.42. The Hall–Kier alpha value is -2.51. The fourth-order valence-corrected chi connectivity index (χ4v) is 3.42. The smallest absolute Gasteiger partial charge is 0.423 e. The molecule has 3 rings (SSSR count). The van der Waals surface area contributed by atoms with Gasteiger partial charge in [0.1, 0.15) is 0 Å². The van der Waals surface area contributed by atoms with Crippen LogP contribution in [0.4, 0.5) is 0 Å². The van der Waals surface area contributed by atoms with Gasteiger partial charge < -0.3 is 20.1 Å². The monoisotopic (exact) mass is 392 g/mol. The summed E-state index contributed by atoms with van der Waals surface area (Å²) in [6.07, 6.45) is 7.28. The molecule has 0 fully saturated rings. The van der Waals surface area contributed by atoms with E-state index < -0.39 is 14.2 Å². The average Bonchev–Trinajstić information content (AvgIpc) is 2.69. The second-order valence-corrected chi connectivity index (χ2v) is 7.55. The van der Waals surface area contributed by atoms with E-state index in [9.17, 15) is 20.1 Å². The van der Waals surface area contributed by atoms with Crippen LogP contribution in [0, 0.1) is 0 Å². The molecule has 0 saturated heterocycles. The maximum atomic E-state index is 9.40. The highest BCUT2D eigenvalue weighted by molar-refractivity contribution is 6.58. The summed E-state index contributed by atoms with van der Waals surface area (Å²) < 4.78 is 3.87. The molecule has 0 saturated carbocycles. The molecule has 0 bridgehead atoms. The van der Waals surface area contributed by atoms with Gasteiger partial charge in [0.15, 0.2) is 37.9 Å². The first-order valence-corrected chi connectivity index (χ1v) is 9.65. The minimum atomic E-state index is -1.49. The van der Waals surface area contributed by atoms with Crippen LogP contribution < -0.4 is 20.1 Å². The van der Waals surface area contributed by atoms with E-state index in [1.54, 1.807) is 36.7 Å². The number of pyridine rings is 2. The van der Waals surface area contributed by atoms with Crippen molar-refractivity contribution in [3.8, 4) is 0 Å². The second kappa shape index (κ2) is 9.32. The minimum absolute atomic E-state index is 0.327. The summed E-state index contributed by atoms with van der Waals surface area (Å²) in [6, 6.07) is 13.3. The average molecular weight is 392 g/mol. The number of nitrogens with zero attached hydrogens (tertiary/aromatic N) is 2. The molecule has 1 aromatic carbocycles. The first-order chi connectivity index (χ1) is 13.8. The van der Waals surface area contributed by atoms with Gasteiger partial charge in [0.05, 0.1) is 0 Å². The van der Waals surface area contributed by atoms with Crippen LogP contribution in [0.5, 0.6) is 0 Å². The molecule has 0 aliphatic heterocycles. The molecule has 0 unspecified atom stereocenters. The van der Waals surface area contributed by atoms with Crippen molar-refractivity contribution >= 4 is 25.2 Å². The van der Waals surface area contributed by atoms with Crippen LogP contribution in [-0.2, 0) is 13.1 Å². The van der Waals surface area contributed by atoms with Crippen molar-refractivity contribution in [2.75, 3.05) is 0 Å². The Morgan fingerprint density at radius 2 is 1.34 bits per heavy atom. The molecule has 148 valence electrons.